The Bertz CT molecular complexity index is 199. The van der Waals surface area contributed by atoms with Crippen molar-refractivity contribution in [3.05, 3.63) is 0 Å². The number of ketones is 1. The number of alkyl halides is 1. The quantitative estimate of drug-likeness (QED) is 0.456. The molecule has 0 aromatic heterocycles. The summed E-state index contributed by atoms with van der Waals surface area (Å²) in [6.07, 6.45) is 3.68. The van der Waals surface area contributed by atoms with Gasteiger partial charge in [0.15, 0.2) is 12.0 Å². The Morgan fingerprint density at radius 3 is 3.09 bits per heavy atom. The molecule has 0 radical (unpaired) electrons. The van der Waals surface area contributed by atoms with Crippen molar-refractivity contribution in [2.24, 2.45) is 0 Å². The molecular weight excluding hydrogens is 164 g/mol. The summed E-state index contributed by atoms with van der Waals surface area (Å²) in [7, 11) is 0. The fraction of sp³-hybridized carbons (Fsp3) is 0.714. The lowest BCUT2D eigenvalue weighted by molar-refractivity contribution is -0.120. The molecule has 1 atom stereocenters. The summed E-state index contributed by atoms with van der Waals surface area (Å²) in [5, 5.41) is 8.56. The zero-order valence-electron chi connectivity index (χ0n) is 6.09. The van der Waals surface area contributed by atoms with E-state index in [4.69, 9.17) is 16.9 Å². The van der Waals surface area contributed by atoms with Gasteiger partial charge in [-0.2, -0.15) is 5.26 Å². The highest BCUT2D eigenvalue weighted by atomic mass is 35.5. The van der Waals surface area contributed by atoms with Crippen molar-refractivity contribution in [2.75, 3.05) is 12.4 Å². The molecule has 3 nitrogen and oxygen atoms in total. The average Bonchev–Trinajstić information content (AvgIpc) is 2.50. The van der Waals surface area contributed by atoms with E-state index in [1.165, 1.54) is 4.90 Å². The molecule has 1 saturated heterocycles. The predicted molar refractivity (Wildman–Crippen MR) is 41.1 cm³/mol. The van der Waals surface area contributed by atoms with Crippen molar-refractivity contribution < 1.29 is 4.79 Å². The van der Waals surface area contributed by atoms with Gasteiger partial charge in [0.25, 0.3) is 0 Å². The molecule has 0 aromatic carbocycles. The van der Waals surface area contributed by atoms with Crippen LogP contribution < -0.4 is 0 Å². The van der Waals surface area contributed by atoms with Crippen molar-refractivity contribution >= 4 is 17.4 Å². The Balaban J connectivity index is 2.58. The number of hydrogen-bond donors (Lipinski definition) is 0. The van der Waals surface area contributed by atoms with E-state index < -0.39 is 0 Å². The zero-order chi connectivity index (χ0) is 8.27. The van der Waals surface area contributed by atoms with Crippen LogP contribution in [0.15, 0.2) is 0 Å². The van der Waals surface area contributed by atoms with E-state index in [1.807, 2.05) is 6.19 Å². The van der Waals surface area contributed by atoms with Gasteiger partial charge in [0.1, 0.15) is 0 Å². The Morgan fingerprint density at radius 1 is 1.82 bits per heavy atom. The number of hydrogen-bond acceptors (Lipinski definition) is 3. The molecule has 0 bridgehead atoms. The molecule has 0 saturated carbocycles. The normalized spacial score (nSPS) is 23.3. The van der Waals surface area contributed by atoms with Crippen LogP contribution in [0.25, 0.3) is 0 Å². The molecule has 1 fully saturated rings. The first-order chi connectivity index (χ1) is 5.29. The average molecular weight is 173 g/mol. The largest absolute Gasteiger partial charge is 0.300 e. The first-order valence-electron chi connectivity index (χ1n) is 3.54. The molecular formula is C7H9ClN2O. The van der Waals surface area contributed by atoms with E-state index in [2.05, 4.69) is 0 Å². The molecule has 0 unspecified atom stereocenters. The van der Waals surface area contributed by atoms with Gasteiger partial charge in [-0.15, -0.1) is 11.6 Å². The molecule has 1 heterocycles. The lowest BCUT2D eigenvalue weighted by Gasteiger charge is -2.14. The highest BCUT2D eigenvalue weighted by molar-refractivity contribution is 6.28. The number of nitriles is 1. The molecule has 0 amide bonds. The maximum Gasteiger partial charge on any atom is 0.180 e. The van der Waals surface area contributed by atoms with Crippen LogP contribution in [0.2, 0.25) is 0 Å². The van der Waals surface area contributed by atoms with E-state index in [0.717, 1.165) is 12.8 Å². The van der Waals surface area contributed by atoms with E-state index >= 15 is 0 Å². The van der Waals surface area contributed by atoms with Crippen LogP contribution in [0.4, 0.5) is 0 Å². The third-order valence-corrected chi connectivity index (χ3v) is 2.15. The van der Waals surface area contributed by atoms with Crippen molar-refractivity contribution in [1.29, 1.82) is 5.26 Å². The zero-order valence-corrected chi connectivity index (χ0v) is 6.84. The topological polar surface area (TPSA) is 44.1 Å². The van der Waals surface area contributed by atoms with E-state index in [1.54, 1.807) is 0 Å². The van der Waals surface area contributed by atoms with Crippen molar-refractivity contribution in [2.45, 2.75) is 18.9 Å². The number of nitrogens with zero attached hydrogens (tertiary/aromatic N) is 2. The van der Waals surface area contributed by atoms with Crippen LogP contribution >= 0.6 is 11.6 Å². The van der Waals surface area contributed by atoms with Gasteiger partial charge in [-0.1, -0.05) is 0 Å². The molecule has 1 rings (SSSR count). The summed E-state index contributed by atoms with van der Waals surface area (Å²) in [5.41, 5.74) is 0. The summed E-state index contributed by atoms with van der Waals surface area (Å²) in [5.74, 6) is -0.0197. The third kappa shape index (κ3) is 1.63. The second kappa shape index (κ2) is 3.59. The van der Waals surface area contributed by atoms with Gasteiger partial charge in [0, 0.05) is 6.54 Å². The maximum absolute atomic E-state index is 11.1. The van der Waals surface area contributed by atoms with Gasteiger partial charge >= 0.3 is 0 Å². The first kappa shape index (κ1) is 8.35. The van der Waals surface area contributed by atoms with Crippen LogP contribution in [0.3, 0.4) is 0 Å². The molecule has 1 aliphatic heterocycles. The maximum atomic E-state index is 11.1. The van der Waals surface area contributed by atoms with Gasteiger partial charge in [0.05, 0.1) is 11.9 Å². The van der Waals surface area contributed by atoms with Gasteiger partial charge in [-0.05, 0) is 12.8 Å². The van der Waals surface area contributed by atoms with E-state index in [0.29, 0.717) is 6.54 Å². The predicted octanol–water partition coefficient (Wildman–Crippen LogP) is 0.740. The van der Waals surface area contributed by atoms with Crippen molar-refractivity contribution in [1.82, 2.24) is 4.90 Å². The minimum atomic E-state index is -0.238. The number of likely N-dealkylation sites (tertiary alicyclic amines) is 1. The van der Waals surface area contributed by atoms with Gasteiger partial charge in [-0.3, -0.25) is 4.79 Å². The molecule has 4 heteroatoms. The van der Waals surface area contributed by atoms with Gasteiger partial charge in [0.2, 0.25) is 0 Å². The number of carbonyl (C=O) groups excluding carboxylic acids is 1. The Hall–Kier alpha value is -0.750. The number of carbonyl (C=O) groups is 1. The summed E-state index contributed by atoms with van der Waals surface area (Å²) < 4.78 is 0. The molecule has 0 aromatic rings. The lowest BCUT2D eigenvalue weighted by atomic mass is 10.1. The lowest BCUT2D eigenvalue weighted by Crippen LogP contribution is -2.33. The van der Waals surface area contributed by atoms with Crippen LogP contribution in [0, 0.1) is 11.5 Å². The summed E-state index contributed by atoms with van der Waals surface area (Å²) in [6, 6.07) is -0.238. The number of halogens is 1. The fourth-order valence-electron chi connectivity index (χ4n) is 1.31. The molecule has 11 heavy (non-hydrogen) atoms. The Labute approximate surface area is 70.5 Å². The number of rotatable bonds is 2. The molecule has 0 N–H and O–H groups in total. The van der Waals surface area contributed by atoms with Gasteiger partial charge < -0.3 is 4.90 Å². The SMILES string of the molecule is N#CN1CCC[C@H]1C(=O)CCl. The standard InChI is InChI=1S/C7H9ClN2O/c8-4-7(11)6-2-1-3-10(6)5-9/h6H,1-4H2/t6-/m0/s1. The smallest absolute Gasteiger partial charge is 0.180 e. The minimum absolute atomic E-state index is 0.0167. The van der Waals surface area contributed by atoms with Crippen LogP contribution in [0.5, 0.6) is 0 Å². The highest BCUT2D eigenvalue weighted by Gasteiger charge is 2.28. The van der Waals surface area contributed by atoms with Crippen molar-refractivity contribution in [3.8, 4) is 6.19 Å². The Morgan fingerprint density at radius 2 is 2.55 bits per heavy atom. The second-order valence-corrected chi connectivity index (χ2v) is 2.82. The molecule has 60 valence electrons. The van der Waals surface area contributed by atoms with Crippen LogP contribution in [-0.2, 0) is 4.79 Å². The summed E-state index contributed by atoms with van der Waals surface area (Å²) in [4.78, 5) is 12.6. The summed E-state index contributed by atoms with van der Waals surface area (Å²) >= 11 is 5.37. The van der Waals surface area contributed by atoms with E-state index in [9.17, 15) is 4.79 Å². The monoisotopic (exact) mass is 172 g/mol. The van der Waals surface area contributed by atoms with E-state index in [-0.39, 0.29) is 17.7 Å². The second-order valence-electron chi connectivity index (χ2n) is 2.55. The minimum Gasteiger partial charge on any atom is -0.300 e. The molecule has 0 spiro atoms. The molecule has 1 aliphatic rings. The van der Waals surface area contributed by atoms with Crippen LogP contribution in [0.1, 0.15) is 12.8 Å². The Kier molecular flexibility index (Phi) is 2.72. The number of Topliss-reactive ketones (excluding diaryl/α,β-unsaturated/α-hetero) is 1. The van der Waals surface area contributed by atoms with Gasteiger partial charge in [-0.25, -0.2) is 0 Å². The fourth-order valence-corrected chi connectivity index (χ4v) is 1.49. The molecule has 0 aliphatic carbocycles. The summed E-state index contributed by atoms with van der Waals surface area (Å²) in [6.45, 7) is 0.698. The van der Waals surface area contributed by atoms with Crippen molar-refractivity contribution in [3.63, 3.8) is 0 Å². The first-order valence-corrected chi connectivity index (χ1v) is 4.08. The third-order valence-electron chi connectivity index (χ3n) is 1.88. The highest BCUT2D eigenvalue weighted by Crippen LogP contribution is 2.16. The van der Waals surface area contributed by atoms with Crippen LogP contribution in [-0.4, -0.2) is 29.1 Å².